The van der Waals surface area contributed by atoms with Gasteiger partial charge in [-0.2, -0.15) is 0 Å². The highest BCUT2D eigenvalue weighted by Gasteiger charge is 2.18. The molecule has 1 aromatic rings. The van der Waals surface area contributed by atoms with E-state index in [-0.39, 0.29) is 18.7 Å². The molecule has 0 radical (unpaired) electrons. The van der Waals surface area contributed by atoms with Crippen molar-refractivity contribution < 1.29 is 14.3 Å². The van der Waals surface area contributed by atoms with Crippen molar-refractivity contribution in [3.8, 4) is 0 Å². The number of rotatable bonds is 4. The molecule has 0 aliphatic carbocycles. The van der Waals surface area contributed by atoms with Crippen LogP contribution in [0, 0.1) is 13.8 Å². The first-order valence-corrected chi connectivity index (χ1v) is 5.55. The number of carbonyl (C=O) groups is 2. The number of nitrogens with zero attached hydrogens (tertiary/aromatic N) is 1. The summed E-state index contributed by atoms with van der Waals surface area (Å²) in [4.78, 5) is 34.4. The number of amides is 1. The summed E-state index contributed by atoms with van der Waals surface area (Å²) in [6, 6.07) is 1.29. The largest absolute Gasteiger partial charge is 0.462 e. The van der Waals surface area contributed by atoms with Gasteiger partial charge in [0.15, 0.2) is 0 Å². The second kappa shape index (κ2) is 5.48. The van der Waals surface area contributed by atoms with E-state index in [1.165, 1.54) is 10.6 Å². The molecule has 0 aliphatic heterocycles. The van der Waals surface area contributed by atoms with Crippen molar-refractivity contribution >= 4 is 11.9 Å². The predicted molar refractivity (Wildman–Crippen MR) is 65.3 cm³/mol. The molecule has 0 atom stereocenters. The number of pyridine rings is 1. The van der Waals surface area contributed by atoms with E-state index in [2.05, 4.69) is 0 Å². The Balaban J connectivity index is 3.39. The van der Waals surface area contributed by atoms with Crippen molar-refractivity contribution in [3.63, 3.8) is 0 Å². The minimum Gasteiger partial charge on any atom is -0.462 e. The standard InChI is InChI=1S/C12H16N2O4/c1-4-18-12(17)11-7(2)5-10(16)14(8(11)3)6-9(13)15/h5H,4,6H2,1-3H3,(H2,13,15). The Morgan fingerprint density at radius 2 is 2.00 bits per heavy atom. The van der Waals surface area contributed by atoms with Crippen molar-refractivity contribution in [2.24, 2.45) is 5.73 Å². The van der Waals surface area contributed by atoms with Crippen molar-refractivity contribution in [2.75, 3.05) is 6.61 Å². The quantitative estimate of drug-likeness (QED) is 0.771. The van der Waals surface area contributed by atoms with Crippen LogP contribution in [0.4, 0.5) is 0 Å². The summed E-state index contributed by atoms with van der Waals surface area (Å²) in [5.74, 6) is -1.15. The molecule has 0 fully saturated rings. The van der Waals surface area contributed by atoms with Crippen LogP contribution in [0.5, 0.6) is 0 Å². The Morgan fingerprint density at radius 1 is 1.39 bits per heavy atom. The molecule has 0 unspecified atom stereocenters. The van der Waals surface area contributed by atoms with E-state index >= 15 is 0 Å². The van der Waals surface area contributed by atoms with Crippen LogP contribution in [0.1, 0.15) is 28.5 Å². The highest BCUT2D eigenvalue weighted by molar-refractivity contribution is 5.92. The number of hydrogen-bond acceptors (Lipinski definition) is 4. The van der Waals surface area contributed by atoms with Gasteiger partial charge in [0.1, 0.15) is 6.54 Å². The normalized spacial score (nSPS) is 10.2. The summed E-state index contributed by atoms with van der Waals surface area (Å²) < 4.78 is 6.09. The Labute approximate surface area is 104 Å². The molecule has 6 heteroatoms. The Morgan fingerprint density at radius 3 is 2.50 bits per heavy atom. The zero-order chi connectivity index (χ0) is 13.9. The van der Waals surface area contributed by atoms with Gasteiger partial charge in [0.25, 0.3) is 5.56 Å². The van der Waals surface area contributed by atoms with E-state index in [4.69, 9.17) is 10.5 Å². The average Bonchev–Trinajstić information content (AvgIpc) is 2.24. The summed E-state index contributed by atoms with van der Waals surface area (Å²) >= 11 is 0. The van der Waals surface area contributed by atoms with Gasteiger partial charge in [0, 0.05) is 11.8 Å². The monoisotopic (exact) mass is 252 g/mol. The lowest BCUT2D eigenvalue weighted by molar-refractivity contribution is -0.118. The minimum atomic E-state index is -0.640. The van der Waals surface area contributed by atoms with Gasteiger partial charge in [0.2, 0.25) is 5.91 Å². The van der Waals surface area contributed by atoms with Gasteiger partial charge in [-0.05, 0) is 26.3 Å². The van der Waals surface area contributed by atoms with Crippen LogP contribution < -0.4 is 11.3 Å². The lowest BCUT2D eigenvalue weighted by atomic mass is 10.1. The average molecular weight is 252 g/mol. The molecule has 1 heterocycles. The van der Waals surface area contributed by atoms with Crippen molar-refractivity contribution in [3.05, 3.63) is 33.2 Å². The van der Waals surface area contributed by atoms with Crippen LogP contribution in [-0.2, 0) is 16.1 Å². The first kappa shape index (κ1) is 14.0. The number of aromatic nitrogens is 1. The number of esters is 1. The Kier molecular flexibility index (Phi) is 4.25. The molecular formula is C12H16N2O4. The number of ether oxygens (including phenoxy) is 1. The van der Waals surface area contributed by atoms with Crippen LogP contribution in [0.15, 0.2) is 10.9 Å². The second-order valence-electron chi connectivity index (χ2n) is 3.90. The summed E-state index contributed by atoms with van der Waals surface area (Å²) in [6.45, 7) is 4.92. The number of hydrogen-bond donors (Lipinski definition) is 1. The van der Waals surface area contributed by atoms with Crippen LogP contribution in [-0.4, -0.2) is 23.1 Å². The van der Waals surface area contributed by atoms with Gasteiger partial charge < -0.3 is 15.0 Å². The van der Waals surface area contributed by atoms with Gasteiger partial charge >= 0.3 is 5.97 Å². The third-order valence-corrected chi connectivity index (χ3v) is 2.56. The van der Waals surface area contributed by atoms with E-state index in [1.807, 2.05) is 0 Å². The van der Waals surface area contributed by atoms with Gasteiger partial charge in [0.05, 0.1) is 12.2 Å². The van der Waals surface area contributed by atoms with E-state index in [0.29, 0.717) is 16.8 Å². The summed E-state index contributed by atoms with van der Waals surface area (Å²) in [5, 5.41) is 0. The zero-order valence-corrected chi connectivity index (χ0v) is 10.6. The van der Waals surface area contributed by atoms with Gasteiger partial charge in [-0.15, -0.1) is 0 Å². The first-order valence-electron chi connectivity index (χ1n) is 5.55. The van der Waals surface area contributed by atoms with E-state index in [1.54, 1.807) is 20.8 Å². The maximum absolute atomic E-state index is 11.8. The molecule has 1 amide bonds. The molecule has 98 valence electrons. The first-order chi connectivity index (χ1) is 8.38. The highest BCUT2D eigenvalue weighted by Crippen LogP contribution is 2.12. The van der Waals surface area contributed by atoms with E-state index in [0.717, 1.165) is 0 Å². The fourth-order valence-electron chi connectivity index (χ4n) is 1.79. The molecule has 0 bridgehead atoms. The molecule has 18 heavy (non-hydrogen) atoms. The SMILES string of the molecule is CCOC(=O)c1c(C)cc(=O)n(CC(N)=O)c1C. The lowest BCUT2D eigenvalue weighted by Gasteiger charge is -2.14. The van der Waals surface area contributed by atoms with Gasteiger partial charge in [-0.3, -0.25) is 9.59 Å². The number of primary amides is 1. The summed E-state index contributed by atoms with van der Waals surface area (Å²) in [6.07, 6.45) is 0. The Bertz CT molecular complexity index is 546. The van der Waals surface area contributed by atoms with Gasteiger partial charge in [-0.1, -0.05) is 0 Å². The molecule has 0 saturated heterocycles. The maximum atomic E-state index is 11.8. The molecule has 0 saturated carbocycles. The Hall–Kier alpha value is -2.11. The van der Waals surface area contributed by atoms with Crippen LogP contribution >= 0.6 is 0 Å². The van der Waals surface area contributed by atoms with Crippen molar-refractivity contribution in [1.29, 1.82) is 0 Å². The number of carbonyl (C=O) groups excluding carboxylic acids is 2. The zero-order valence-electron chi connectivity index (χ0n) is 10.6. The smallest absolute Gasteiger partial charge is 0.340 e. The fourth-order valence-corrected chi connectivity index (χ4v) is 1.79. The fraction of sp³-hybridized carbons (Fsp3) is 0.417. The summed E-state index contributed by atoms with van der Waals surface area (Å²) in [7, 11) is 0. The predicted octanol–water partition coefficient (Wildman–Crippen LogP) is 0.127. The van der Waals surface area contributed by atoms with Crippen LogP contribution in [0.25, 0.3) is 0 Å². The van der Waals surface area contributed by atoms with Gasteiger partial charge in [-0.25, -0.2) is 4.79 Å². The van der Waals surface area contributed by atoms with Crippen LogP contribution in [0.2, 0.25) is 0 Å². The second-order valence-corrected chi connectivity index (χ2v) is 3.90. The molecule has 6 nitrogen and oxygen atoms in total. The van der Waals surface area contributed by atoms with Crippen molar-refractivity contribution in [1.82, 2.24) is 4.57 Å². The molecule has 2 N–H and O–H groups in total. The molecule has 1 aromatic heterocycles. The molecule has 0 spiro atoms. The third kappa shape index (κ3) is 2.77. The molecule has 0 aromatic carbocycles. The topological polar surface area (TPSA) is 91.4 Å². The number of nitrogens with two attached hydrogens (primary N) is 1. The lowest BCUT2D eigenvalue weighted by Crippen LogP contribution is -2.31. The van der Waals surface area contributed by atoms with E-state index < -0.39 is 11.9 Å². The molecule has 0 aliphatic rings. The minimum absolute atomic E-state index is 0.243. The molecular weight excluding hydrogens is 236 g/mol. The third-order valence-electron chi connectivity index (χ3n) is 2.56. The summed E-state index contributed by atoms with van der Waals surface area (Å²) in [5.41, 5.74) is 5.92. The van der Waals surface area contributed by atoms with E-state index in [9.17, 15) is 14.4 Å². The number of aryl methyl sites for hydroxylation is 1. The van der Waals surface area contributed by atoms with Crippen molar-refractivity contribution in [2.45, 2.75) is 27.3 Å². The molecule has 1 rings (SSSR count). The van der Waals surface area contributed by atoms with Crippen LogP contribution in [0.3, 0.4) is 0 Å². The maximum Gasteiger partial charge on any atom is 0.340 e. The highest BCUT2D eigenvalue weighted by atomic mass is 16.5.